The van der Waals surface area contributed by atoms with Crippen molar-refractivity contribution in [2.24, 2.45) is 0 Å². The molecular formula is C9H13NO3S. The minimum absolute atomic E-state index is 0.552. The molecule has 0 saturated carbocycles. The summed E-state index contributed by atoms with van der Waals surface area (Å²) in [7, 11) is -3.12. The molecule has 0 amide bonds. The molecule has 0 saturated heterocycles. The molecule has 1 aliphatic heterocycles. The Bertz CT molecular complexity index is 368. The molecule has 0 aliphatic carbocycles. The summed E-state index contributed by atoms with van der Waals surface area (Å²) in [6.07, 6.45) is 0. The molecule has 2 rings (SSSR count). The Labute approximate surface area is 84.7 Å². The molecule has 2 N–H and O–H groups in total. The molecule has 4 nitrogen and oxygen atoms in total. The number of fused-ring (bicyclic) bond motifs is 1. The van der Waals surface area contributed by atoms with Gasteiger partial charge in [0.15, 0.2) is 0 Å². The van der Waals surface area contributed by atoms with Gasteiger partial charge in [0.2, 0.25) is 0 Å². The van der Waals surface area contributed by atoms with Crippen LogP contribution in [0.4, 0.5) is 0 Å². The smallest absolute Gasteiger partial charge is 0.254 e. The van der Waals surface area contributed by atoms with Crippen molar-refractivity contribution in [1.82, 2.24) is 5.32 Å². The number of hydrogen-bond acceptors (Lipinski definition) is 3. The van der Waals surface area contributed by atoms with Gasteiger partial charge in [-0.15, -0.1) is 0 Å². The van der Waals surface area contributed by atoms with E-state index in [1.807, 2.05) is 0 Å². The zero-order valence-electron chi connectivity index (χ0n) is 7.80. The normalized spacial score (nSPS) is 18.6. The van der Waals surface area contributed by atoms with E-state index in [-0.39, 0.29) is 0 Å². The van der Waals surface area contributed by atoms with E-state index in [9.17, 15) is 0 Å². The fourth-order valence-corrected chi connectivity index (χ4v) is 1.49. The lowest BCUT2D eigenvalue weighted by Crippen LogP contribution is -2.06. The van der Waals surface area contributed by atoms with Crippen molar-refractivity contribution in [3.63, 3.8) is 0 Å². The fourth-order valence-electron chi connectivity index (χ4n) is 1.49. The van der Waals surface area contributed by atoms with Gasteiger partial charge in [-0.2, -0.15) is 0 Å². The van der Waals surface area contributed by atoms with Crippen LogP contribution in [-0.4, -0.2) is 13.0 Å². The van der Waals surface area contributed by atoms with Crippen LogP contribution in [0.3, 0.4) is 0 Å². The summed E-state index contributed by atoms with van der Waals surface area (Å²) in [6.45, 7) is 3.24. The Kier molecular flexibility index (Phi) is 4.06. The van der Waals surface area contributed by atoms with E-state index < -0.39 is 11.0 Å². The zero-order valence-corrected chi connectivity index (χ0v) is 8.70. The van der Waals surface area contributed by atoms with Gasteiger partial charge in [0.05, 0.1) is 0 Å². The summed E-state index contributed by atoms with van der Waals surface area (Å²) in [5.74, 6) is 0. The maximum Gasteiger partial charge on any atom is 0.254 e. The molecule has 1 unspecified atom stereocenters. The molecule has 78 valence electrons. The minimum Gasteiger partial charge on any atom is -0.306 e. The Morgan fingerprint density at radius 3 is 2.57 bits per heavy atom. The van der Waals surface area contributed by atoms with Crippen molar-refractivity contribution < 1.29 is 13.0 Å². The van der Waals surface area contributed by atoms with E-state index in [1.165, 1.54) is 11.1 Å². The van der Waals surface area contributed by atoms with Crippen LogP contribution >= 0.6 is 0 Å². The van der Waals surface area contributed by atoms with E-state index in [0.29, 0.717) is 6.04 Å². The lowest BCUT2D eigenvalue weighted by atomic mass is 10.1. The van der Waals surface area contributed by atoms with Crippen LogP contribution in [0.15, 0.2) is 24.3 Å². The van der Waals surface area contributed by atoms with Crippen molar-refractivity contribution in [1.29, 1.82) is 0 Å². The summed E-state index contributed by atoms with van der Waals surface area (Å²) in [6, 6.07) is 9.13. The Morgan fingerprint density at radius 2 is 2.00 bits per heavy atom. The quantitative estimate of drug-likeness (QED) is 0.445. The van der Waals surface area contributed by atoms with E-state index in [1.54, 1.807) is 0 Å². The molecule has 0 bridgehead atoms. The molecule has 1 atom stereocenters. The Balaban J connectivity index is 0.000000213. The maximum atomic E-state index is 8.59. The summed E-state index contributed by atoms with van der Waals surface area (Å²) >= 11 is 0. The zero-order chi connectivity index (χ0) is 10.6. The third kappa shape index (κ3) is 3.10. The van der Waals surface area contributed by atoms with E-state index >= 15 is 0 Å². The number of benzene rings is 1. The lowest BCUT2D eigenvalue weighted by Gasteiger charge is -2.01. The summed E-state index contributed by atoms with van der Waals surface area (Å²) in [5.41, 5.74) is 2.91. The molecule has 0 spiro atoms. The average molecular weight is 215 g/mol. The monoisotopic (exact) mass is 215 g/mol. The topological polar surface area (TPSA) is 66.4 Å². The van der Waals surface area contributed by atoms with Crippen molar-refractivity contribution in [3.05, 3.63) is 35.4 Å². The molecule has 1 aromatic carbocycles. The highest BCUT2D eigenvalue weighted by atomic mass is 32.2. The first-order valence-corrected chi connectivity index (χ1v) is 5.38. The predicted molar refractivity (Wildman–Crippen MR) is 54.6 cm³/mol. The van der Waals surface area contributed by atoms with E-state index in [0.717, 1.165) is 6.54 Å². The van der Waals surface area contributed by atoms with Gasteiger partial charge in [0.1, 0.15) is 0 Å². The predicted octanol–water partition coefficient (Wildman–Crippen LogP) is 0.922. The fraction of sp³-hybridized carbons (Fsp3) is 0.333. The van der Waals surface area contributed by atoms with Crippen molar-refractivity contribution >= 4 is 11.0 Å². The molecule has 1 heterocycles. The molecule has 14 heavy (non-hydrogen) atoms. The molecule has 5 heteroatoms. The SMILES string of the molecule is CC1NCc2ccccc21.O=[SH](=O)O. The molecule has 0 aromatic heterocycles. The van der Waals surface area contributed by atoms with Gasteiger partial charge in [-0.1, -0.05) is 24.3 Å². The summed E-state index contributed by atoms with van der Waals surface area (Å²) < 4.78 is 24.2. The first-order chi connectivity index (χ1) is 6.61. The maximum absolute atomic E-state index is 8.59. The van der Waals surface area contributed by atoms with E-state index in [4.69, 9.17) is 13.0 Å². The van der Waals surface area contributed by atoms with Crippen molar-refractivity contribution in [3.8, 4) is 0 Å². The van der Waals surface area contributed by atoms with Crippen LogP contribution in [0.25, 0.3) is 0 Å². The molecule has 0 radical (unpaired) electrons. The van der Waals surface area contributed by atoms with Crippen molar-refractivity contribution in [2.45, 2.75) is 19.5 Å². The third-order valence-electron chi connectivity index (χ3n) is 2.12. The first-order valence-electron chi connectivity index (χ1n) is 4.25. The Hall–Kier alpha value is -0.910. The second kappa shape index (κ2) is 5.09. The van der Waals surface area contributed by atoms with E-state index in [2.05, 4.69) is 36.5 Å². The standard InChI is InChI=1S/C9H11N.H2O3S/c1-7-9-5-3-2-4-8(9)6-10-7;1-4(2)3/h2-5,7,10H,6H2,1H3;4H,(H,1,2,3). The lowest BCUT2D eigenvalue weighted by molar-refractivity contribution is 0.509. The van der Waals surface area contributed by atoms with Crippen LogP contribution in [0.5, 0.6) is 0 Å². The molecule has 0 fully saturated rings. The van der Waals surface area contributed by atoms with Crippen LogP contribution in [0.1, 0.15) is 24.1 Å². The van der Waals surface area contributed by atoms with Gasteiger partial charge < -0.3 is 5.32 Å². The third-order valence-corrected chi connectivity index (χ3v) is 2.12. The highest BCUT2D eigenvalue weighted by Gasteiger charge is 2.15. The first kappa shape index (κ1) is 11.2. The molecule has 1 aliphatic rings. The molecular weight excluding hydrogens is 202 g/mol. The second-order valence-electron chi connectivity index (χ2n) is 3.04. The van der Waals surface area contributed by atoms with Crippen LogP contribution in [0, 0.1) is 0 Å². The summed E-state index contributed by atoms with van der Waals surface area (Å²) in [5, 5.41) is 3.38. The molecule has 1 aromatic rings. The number of nitrogens with one attached hydrogen (secondary N) is 1. The van der Waals surface area contributed by atoms with Crippen molar-refractivity contribution in [2.75, 3.05) is 0 Å². The van der Waals surface area contributed by atoms with Crippen LogP contribution in [0.2, 0.25) is 0 Å². The van der Waals surface area contributed by atoms with Gasteiger partial charge >= 0.3 is 0 Å². The minimum atomic E-state index is -3.12. The largest absolute Gasteiger partial charge is 0.306 e. The number of hydrogen-bond donors (Lipinski definition) is 3. The highest BCUT2D eigenvalue weighted by Crippen LogP contribution is 2.23. The van der Waals surface area contributed by atoms with Gasteiger partial charge in [-0.3, -0.25) is 4.55 Å². The van der Waals surface area contributed by atoms with Crippen LogP contribution in [-0.2, 0) is 17.5 Å². The van der Waals surface area contributed by atoms with Gasteiger partial charge in [0.25, 0.3) is 11.0 Å². The summed E-state index contributed by atoms with van der Waals surface area (Å²) in [4.78, 5) is 0. The number of thiol groups is 1. The number of rotatable bonds is 0. The van der Waals surface area contributed by atoms with Gasteiger partial charge in [-0.25, -0.2) is 8.42 Å². The average Bonchev–Trinajstić information content (AvgIpc) is 2.48. The van der Waals surface area contributed by atoms with Gasteiger partial charge in [0, 0.05) is 12.6 Å². The van der Waals surface area contributed by atoms with Gasteiger partial charge in [-0.05, 0) is 18.1 Å². The Morgan fingerprint density at radius 1 is 1.43 bits per heavy atom. The highest BCUT2D eigenvalue weighted by molar-refractivity contribution is 7.66. The second-order valence-corrected chi connectivity index (χ2v) is 3.51. The van der Waals surface area contributed by atoms with Crippen LogP contribution < -0.4 is 5.32 Å².